The number of carboxylic acid groups (broad SMARTS) is 1. The van der Waals surface area contributed by atoms with Crippen LogP contribution >= 0.6 is 11.3 Å². The summed E-state index contributed by atoms with van der Waals surface area (Å²) in [6.45, 7) is 2.40. The second-order valence-electron chi connectivity index (χ2n) is 5.31. The van der Waals surface area contributed by atoms with Crippen molar-refractivity contribution < 1.29 is 14.4 Å². The molecule has 3 heterocycles. The van der Waals surface area contributed by atoms with Gasteiger partial charge < -0.3 is 9.63 Å². The van der Waals surface area contributed by atoms with Crippen molar-refractivity contribution in [1.29, 1.82) is 0 Å². The Bertz CT molecular complexity index is 588. The maximum Gasteiger partial charge on any atom is 0.303 e. The molecule has 1 fully saturated rings. The van der Waals surface area contributed by atoms with Gasteiger partial charge in [0, 0.05) is 6.42 Å². The lowest BCUT2D eigenvalue weighted by Gasteiger charge is -2.30. The minimum Gasteiger partial charge on any atom is -0.481 e. The molecule has 2 aromatic heterocycles. The van der Waals surface area contributed by atoms with Crippen molar-refractivity contribution in [3.05, 3.63) is 23.4 Å². The minimum atomic E-state index is -0.703. The van der Waals surface area contributed by atoms with E-state index >= 15 is 0 Å². The number of aromatic nitrogens is 2. The Kier molecular flexibility index (Phi) is 4.31. The topological polar surface area (TPSA) is 79.5 Å². The summed E-state index contributed by atoms with van der Waals surface area (Å²) in [7, 11) is 0. The highest BCUT2D eigenvalue weighted by atomic mass is 32.1. The van der Waals surface area contributed by atoms with E-state index in [0.29, 0.717) is 24.2 Å². The van der Waals surface area contributed by atoms with Crippen molar-refractivity contribution in [3.8, 4) is 10.7 Å². The highest BCUT2D eigenvalue weighted by Crippen LogP contribution is 2.24. The summed E-state index contributed by atoms with van der Waals surface area (Å²) in [6.07, 6.45) is 2.10. The van der Waals surface area contributed by atoms with Gasteiger partial charge in [-0.15, -0.1) is 11.3 Å². The first-order valence-electron chi connectivity index (χ1n) is 7.01. The molecule has 1 N–H and O–H groups in total. The molecule has 0 atom stereocenters. The minimum absolute atomic E-state index is 0.275. The average molecular weight is 307 g/mol. The van der Waals surface area contributed by atoms with Gasteiger partial charge in [-0.1, -0.05) is 11.2 Å². The summed E-state index contributed by atoms with van der Waals surface area (Å²) in [4.78, 5) is 18.4. The number of carboxylic acids is 1. The summed E-state index contributed by atoms with van der Waals surface area (Å²) in [6, 6.07) is 3.93. The predicted octanol–water partition coefficient (Wildman–Crippen LogP) is 2.48. The first-order chi connectivity index (χ1) is 10.2. The van der Waals surface area contributed by atoms with Crippen molar-refractivity contribution >= 4 is 17.3 Å². The van der Waals surface area contributed by atoms with Gasteiger partial charge in [0.2, 0.25) is 11.7 Å². The van der Waals surface area contributed by atoms with Gasteiger partial charge in [0.1, 0.15) is 0 Å². The average Bonchev–Trinajstić information content (AvgIpc) is 3.11. The molecule has 21 heavy (non-hydrogen) atoms. The lowest BCUT2D eigenvalue weighted by atomic mass is 9.94. The molecule has 0 amide bonds. The van der Waals surface area contributed by atoms with E-state index in [1.54, 1.807) is 11.3 Å². The number of piperidine rings is 1. The number of aliphatic carboxylic acids is 1. The SMILES string of the molecule is O=C(O)CC1CCN(Cc2nc(-c3cccs3)no2)CC1. The zero-order chi connectivity index (χ0) is 14.7. The van der Waals surface area contributed by atoms with Crippen molar-refractivity contribution in [2.45, 2.75) is 25.8 Å². The first kappa shape index (κ1) is 14.2. The Labute approximate surface area is 126 Å². The van der Waals surface area contributed by atoms with E-state index in [2.05, 4.69) is 15.0 Å². The van der Waals surface area contributed by atoms with Gasteiger partial charge in [0.25, 0.3) is 0 Å². The Morgan fingerprint density at radius 1 is 1.48 bits per heavy atom. The van der Waals surface area contributed by atoms with Crippen LogP contribution in [-0.4, -0.2) is 39.2 Å². The Balaban J connectivity index is 1.53. The largest absolute Gasteiger partial charge is 0.481 e. The summed E-state index contributed by atoms with van der Waals surface area (Å²) in [5.41, 5.74) is 0. The first-order valence-corrected chi connectivity index (χ1v) is 7.89. The standard InChI is InChI=1S/C14H17N3O3S/c18-13(19)8-10-3-5-17(6-4-10)9-12-15-14(16-20-12)11-2-1-7-21-11/h1-2,7,10H,3-6,8-9H2,(H,18,19). The third-order valence-corrected chi connectivity index (χ3v) is 4.60. The number of hydrogen-bond donors (Lipinski definition) is 1. The third kappa shape index (κ3) is 3.68. The summed E-state index contributed by atoms with van der Waals surface area (Å²) in [5.74, 6) is 0.852. The van der Waals surface area contributed by atoms with Gasteiger partial charge >= 0.3 is 5.97 Å². The van der Waals surface area contributed by atoms with Crippen LogP contribution in [0.4, 0.5) is 0 Å². The van der Waals surface area contributed by atoms with Crippen LogP contribution in [-0.2, 0) is 11.3 Å². The van der Waals surface area contributed by atoms with Crippen molar-refractivity contribution in [3.63, 3.8) is 0 Å². The van der Waals surface area contributed by atoms with Crippen LogP contribution in [0.5, 0.6) is 0 Å². The molecule has 6 nitrogen and oxygen atoms in total. The van der Waals surface area contributed by atoms with Gasteiger partial charge in [0.15, 0.2) is 0 Å². The van der Waals surface area contributed by atoms with Crippen LogP contribution in [0.3, 0.4) is 0 Å². The molecule has 2 aromatic rings. The molecule has 1 saturated heterocycles. The van der Waals surface area contributed by atoms with E-state index in [1.165, 1.54) is 0 Å². The normalized spacial score (nSPS) is 17.1. The Morgan fingerprint density at radius 2 is 2.29 bits per heavy atom. The Hall–Kier alpha value is -1.73. The maximum atomic E-state index is 10.7. The smallest absolute Gasteiger partial charge is 0.303 e. The van der Waals surface area contributed by atoms with E-state index in [1.807, 2.05) is 17.5 Å². The van der Waals surface area contributed by atoms with Crippen LogP contribution in [0.2, 0.25) is 0 Å². The lowest BCUT2D eigenvalue weighted by molar-refractivity contribution is -0.138. The molecular formula is C14H17N3O3S. The molecule has 0 unspecified atom stereocenters. The summed E-state index contributed by atoms with van der Waals surface area (Å²) < 4.78 is 5.29. The Morgan fingerprint density at radius 3 is 2.95 bits per heavy atom. The predicted molar refractivity (Wildman–Crippen MR) is 77.9 cm³/mol. The fourth-order valence-electron chi connectivity index (χ4n) is 2.61. The van der Waals surface area contributed by atoms with Crippen LogP contribution < -0.4 is 0 Å². The number of likely N-dealkylation sites (tertiary alicyclic amines) is 1. The molecule has 1 aliphatic rings. The van der Waals surface area contributed by atoms with Crippen molar-refractivity contribution in [2.75, 3.05) is 13.1 Å². The molecular weight excluding hydrogens is 290 g/mol. The van der Waals surface area contributed by atoms with Crippen molar-refractivity contribution in [1.82, 2.24) is 15.0 Å². The van der Waals surface area contributed by atoms with Gasteiger partial charge in [-0.3, -0.25) is 9.69 Å². The van der Waals surface area contributed by atoms with Gasteiger partial charge in [-0.2, -0.15) is 4.98 Å². The van der Waals surface area contributed by atoms with E-state index in [0.717, 1.165) is 30.8 Å². The molecule has 1 aliphatic heterocycles. The molecule has 0 spiro atoms. The second kappa shape index (κ2) is 6.36. The van der Waals surface area contributed by atoms with Gasteiger partial charge in [-0.25, -0.2) is 0 Å². The number of nitrogens with zero attached hydrogens (tertiary/aromatic N) is 3. The van der Waals surface area contributed by atoms with Crippen LogP contribution in [0.1, 0.15) is 25.2 Å². The molecule has 0 saturated carbocycles. The highest BCUT2D eigenvalue weighted by molar-refractivity contribution is 7.13. The van der Waals surface area contributed by atoms with Crippen LogP contribution in [0.15, 0.2) is 22.0 Å². The van der Waals surface area contributed by atoms with Crippen LogP contribution in [0, 0.1) is 5.92 Å². The fourth-order valence-corrected chi connectivity index (χ4v) is 3.26. The maximum absolute atomic E-state index is 10.7. The van der Waals surface area contributed by atoms with E-state index in [9.17, 15) is 4.79 Å². The number of hydrogen-bond acceptors (Lipinski definition) is 6. The molecule has 0 radical (unpaired) electrons. The summed E-state index contributed by atoms with van der Waals surface area (Å²) >= 11 is 1.59. The zero-order valence-corrected chi connectivity index (χ0v) is 12.4. The molecule has 0 aromatic carbocycles. The molecule has 7 heteroatoms. The molecule has 112 valence electrons. The van der Waals surface area contributed by atoms with Gasteiger partial charge in [-0.05, 0) is 43.3 Å². The number of rotatable bonds is 5. The highest BCUT2D eigenvalue weighted by Gasteiger charge is 2.22. The van der Waals surface area contributed by atoms with E-state index < -0.39 is 5.97 Å². The van der Waals surface area contributed by atoms with Gasteiger partial charge in [0.05, 0.1) is 11.4 Å². The second-order valence-corrected chi connectivity index (χ2v) is 6.25. The zero-order valence-electron chi connectivity index (χ0n) is 11.6. The van der Waals surface area contributed by atoms with Crippen LogP contribution in [0.25, 0.3) is 10.7 Å². The lowest BCUT2D eigenvalue weighted by Crippen LogP contribution is -2.34. The fraction of sp³-hybridized carbons (Fsp3) is 0.500. The quantitative estimate of drug-likeness (QED) is 0.914. The molecule has 3 rings (SSSR count). The number of thiophene rings is 1. The molecule has 0 bridgehead atoms. The van der Waals surface area contributed by atoms with E-state index in [4.69, 9.17) is 9.63 Å². The van der Waals surface area contributed by atoms with Crippen molar-refractivity contribution in [2.24, 2.45) is 5.92 Å². The number of carbonyl (C=O) groups is 1. The third-order valence-electron chi connectivity index (χ3n) is 3.74. The monoisotopic (exact) mass is 307 g/mol. The summed E-state index contributed by atoms with van der Waals surface area (Å²) in [5, 5.41) is 14.8. The van der Waals surface area contributed by atoms with E-state index in [-0.39, 0.29) is 6.42 Å². The molecule has 0 aliphatic carbocycles.